The number of carbonyl (C=O) groups excluding carboxylic acids is 1. The van der Waals surface area contributed by atoms with Gasteiger partial charge < -0.3 is 4.90 Å². The number of nitrogens with zero attached hydrogens (tertiary/aromatic N) is 1. The zero-order valence-corrected chi connectivity index (χ0v) is 20.8. The summed E-state index contributed by atoms with van der Waals surface area (Å²) in [6.07, 6.45) is 6.29. The average Bonchev–Trinajstić information content (AvgIpc) is 2.75. The molecule has 4 atom stereocenters. The van der Waals surface area contributed by atoms with Crippen LogP contribution in [0.1, 0.15) is 56.2 Å². The van der Waals surface area contributed by atoms with Crippen LogP contribution in [0.25, 0.3) is 0 Å². The molecule has 166 valence electrons. The van der Waals surface area contributed by atoms with E-state index >= 15 is 0 Å². The van der Waals surface area contributed by atoms with Crippen LogP contribution in [0.15, 0.2) is 61.2 Å². The maximum Gasteiger partial charge on any atom is 0.229 e. The Balaban J connectivity index is 2.21. The van der Waals surface area contributed by atoms with Gasteiger partial charge in [-0.2, -0.15) is 11.8 Å². The van der Waals surface area contributed by atoms with Gasteiger partial charge in [-0.3, -0.25) is 4.79 Å². The number of rotatable bonds is 8. The van der Waals surface area contributed by atoms with E-state index in [1.165, 1.54) is 5.56 Å². The van der Waals surface area contributed by atoms with E-state index in [0.29, 0.717) is 11.4 Å². The lowest BCUT2D eigenvalue weighted by molar-refractivity contribution is -0.153. The third-order valence-corrected chi connectivity index (χ3v) is 7.61. The number of carbonyl (C=O) groups is 1. The van der Waals surface area contributed by atoms with Gasteiger partial charge in [0.15, 0.2) is 0 Å². The van der Waals surface area contributed by atoms with E-state index in [9.17, 15) is 4.79 Å². The second-order valence-electron chi connectivity index (χ2n) is 8.65. The van der Waals surface area contributed by atoms with Gasteiger partial charge in [-0.15, -0.1) is 6.58 Å². The van der Waals surface area contributed by atoms with Crippen molar-refractivity contribution >= 4 is 40.9 Å². The molecule has 1 heterocycles. The van der Waals surface area contributed by atoms with Gasteiger partial charge in [-0.05, 0) is 60.9 Å². The van der Waals surface area contributed by atoms with E-state index in [-0.39, 0.29) is 23.9 Å². The molecule has 2 aromatic carbocycles. The number of piperidine rings is 1. The van der Waals surface area contributed by atoms with Gasteiger partial charge in [-0.25, -0.2) is 0 Å². The van der Waals surface area contributed by atoms with E-state index in [2.05, 4.69) is 49.8 Å². The highest BCUT2D eigenvalue weighted by atomic mass is 35.5. The molecule has 0 N–H and O–H groups in total. The van der Waals surface area contributed by atoms with Gasteiger partial charge in [0.1, 0.15) is 0 Å². The van der Waals surface area contributed by atoms with Crippen LogP contribution >= 0.6 is 35.0 Å². The second-order valence-corrected chi connectivity index (χ2v) is 10.4. The Morgan fingerprint density at radius 2 is 1.90 bits per heavy atom. The summed E-state index contributed by atoms with van der Waals surface area (Å²) in [6, 6.07) is 16.1. The first kappa shape index (κ1) is 24.2. The maximum atomic E-state index is 14.0. The predicted octanol–water partition coefficient (Wildman–Crippen LogP) is 7.77. The summed E-state index contributed by atoms with van der Waals surface area (Å²) in [5.41, 5.74) is 1.78. The van der Waals surface area contributed by atoms with Crippen LogP contribution in [0.4, 0.5) is 0 Å². The maximum absolute atomic E-state index is 14.0. The number of benzene rings is 2. The highest BCUT2D eigenvalue weighted by Crippen LogP contribution is 2.52. The van der Waals surface area contributed by atoms with Gasteiger partial charge >= 0.3 is 0 Å². The Kier molecular flexibility index (Phi) is 8.18. The summed E-state index contributed by atoms with van der Waals surface area (Å²) in [6.45, 7) is 8.21. The number of thioether (sulfide) groups is 1. The minimum atomic E-state index is -0.497. The lowest BCUT2D eigenvalue weighted by Gasteiger charge is -2.52. The zero-order chi connectivity index (χ0) is 22.6. The largest absolute Gasteiger partial charge is 0.331 e. The van der Waals surface area contributed by atoms with Crippen molar-refractivity contribution in [1.82, 2.24) is 4.90 Å². The van der Waals surface area contributed by atoms with Crippen LogP contribution < -0.4 is 0 Å². The van der Waals surface area contributed by atoms with Crippen molar-refractivity contribution in [3.63, 3.8) is 0 Å². The van der Waals surface area contributed by atoms with Crippen LogP contribution in [-0.2, 0) is 4.79 Å². The molecule has 0 unspecified atom stereocenters. The Morgan fingerprint density at radius 1 is 1.19 bits per heavy atom. The number of hydrogen-bond acceptors (Lipinski definition) is 2. The lowest BCUT2D eigenvalue weighted by Crippen LogP contribution is -2.56. The molecule has 0 aliphatic carbocycles. The molecule has 2 nitrogen and oxygen atoms in total. The third kappa shape index (κ3) is 5.16. The molecule has 1 amide bonds. The highest BCUT2D eigenvalue weighted by Gasteiger charge is 2.50. The van der Waals surface area contributed by atoms with Crippen molar-refractivity contribution < 1.29 is 4.79 Å². The Bertz CT molecular complexity index is 916. The highest BCUT2D eigenvalue weighted by molar-refractivity contribution is 7.98. The molecule has 2 aromatic rings. The van der Waals surface area contributed by atoms with Crippen molar-refractivity contribution in [3.8, 4) is 0 Å². The number of allylic oxidation sites excluding steroid dienone is 1. The first-order chi connectivity index (χ1) is 14.8. The molecule has 1 fully saturated rings. The molecule has 0 radical (unpaired) electrons. The van der Waals surface area contributed by atoms with E-state index in [1.54, 1.807) is 11.8 Å². The molecule has 1 aliphatic heterocycles. The predicted molar refractivity (Wildman–Crippen MR) is 135 cm³/mol. The van der Waals surface area contributed by atoms with E-state index in [0.717, 1.165) is 29.2 Å². The molecule has 0 aromatic heterocycles. The quantitative estimate of drug-likeness (QED) is 0.363. The van der Waals surface area contributed by atoms with Crippen LogP contribution in [0.3, 0.4) is 0 Å². The van der Waals surface area contributed by atoms with E-state index in [1.807, 2.05) is 36.4 Å². The minimum absolute atomic E-state index is 0.0711. The van der Waals surface area contributed by atoms with E-state index in [4.69, 9.17) is 23.2 Å². The van der Waals surface area contributed by atoms with Crippen LogP contribution in [0.5, 0.6) is 0 Å². The standard InChI is InChI=1S/C26H31Cl2NOS/c1-5-14-26(3)16-23(19-8-7-9-21(28)15-19)24(18-10-12-20(27)13-11-18)29(25(26)30)22(6-2)17-31-4/h5,7-13,15,22-24H,1,6,14,16-17H2,2-4H3/t22-,23+,24+,26-/m0/s1. The first-order valence-electron chi connectivity index (χ1n) is 10.8. The summed E-state index contributed by atoms with van der Waals surface area (Å²) in [5.74, 6) is 1.24. The Morgan fingerprint density at radius 3 is 2.48 bits per heavy atom. The molecule has 31 heavy (non-hydrogen) atoms. The Labute approximate surface area is 201 Å². The molecular formula is C26H31Cl2NOS. The summed E-state index contributed by atoms with van der Waals surface area (Å²) >= 11 is 14.4. The van der Waals surface area contributed by atoms with Crippen molar-refractivity contribution in [2.45, 2.75) is 51.1 Å². The van der Waals surface area contributed by atoms with Crippen LogP contribution in [-0.4, -0.2) is 28.9 Å². The molecule has 3 rings (SSSR count). The van der Waals surface area contributed by atoms with Gasteiger partial charge in [0.2, 0.25) is 5.91 Å². The second kappa shape index (κ2) is 10.5. The van der Waals surface area contributed by atoms with Crippen molar-refractivity contribution in [2.75, 3.05) is 12.0 Å². The number of amides is 1. The number of hydrogen-bond donors (Lipinski definition) is 0. The van der Waals surface area contributed by atoms with Crippen molar-refractivity contribution in [3.05, 3.63) is 82.4 Å². The number of likely N-dealkylation sites (tertiary alicyclic amines) is 1. The lowest BCUT2D eigenvalue weighted by atomic mass is 9.67. The van der Waals surface area contributed by atoms with Gasteiger partial charge in [0, 0.05) is 27.8 Å². The summed E-state index contributed by atoms with van der Waals surface area (Å²) in [5, 5.41) is 1.42. The number of halogens is 2. The molecule has 0 spiro atoms. The molecule has 0 saturated carbocycles. The van der Waals surface area contributed by atoms with Crippen LogP contribution in [0, 0.1) is 5.41 Å². The van der Waals surface area contributed by atoms with Gasteiger partial charge in [0.05, 0.1) is 11.5 Å². The van der Waals surface area contributed by atoms with Crippen molar-refractivity contribution in [1.29, 1.82) is 0 Å². The average molecular weight is 477 g/mol. The van der Waals surface area contributed by atoms with Crippen LogP contribution in [0.2, 0.25) is 10.0 Å². The fraction of sp³-hybridized carbons (Fsp3) is 0.423. The summed E-state index contributed by atoms with van der Waals surface area (Å²) in [4.78, 5) is 16.2. The molecule has 1 aliphatic rings. The zero-order valence-electron chi connectivity index (χ0n) is 18.5. The smallest absolute Gasteiger partial charge is 0.229 e. The fourth-order valence-electron chi connectivity index (χ4n) is 4.88. The van der Waals surface area contributed by atoms with Crippen molar-refractivity contribution in [2.24, 2.45) is 5.41 Å². The molecule has 0 bridgehead atoms. The van der Waals surface area contributed by atoms with Gasteiger partial charge in [0.25, 0.3) is 0 Å². The summed E-state index contributed by atoms with van der Waals surface area (Å²) < 4.78 is 0. The first-order valence-corrected chi connectivity index (χ1v) is 12.9. The SMILES string of the molecule is C=CC[C@@]1(C)C[C@H](c2cccc(Cl)c2)[C@@H](c2ccc(Cl)cc2)N([C@@H](CC)CSC)C1=O. The fourth-order valence-corrected chi connectivity index (χ4v) is 5.98. The Hall–Kier alpha value is -1.42. The monoisotopic (exact) mass is 475 g/mol. The molecule has 1 saturated heterocycles. The minimum Gasteiger partial charge on any atom is -0.331 e. The molecule has 5 heteroatoms. The van der Waals surface area contributed by atoms with Gasteiger partial charge in [-0.1, -0.05) is 67.4 Å². The normalized spacial score (nSPS) is 24.8. The third-order valence-electron chi connectivity index (χ3n) is 6.41. The topological polar surface area (TPSA) is 20.3 Å². The van der Waals surface area contributed by atoms with E-state index < -0.39 is 5.41 Å². The molecular weight excluding hydrogens is 445 g/mol. The summed E-state index contributed by atoms with van der Waals surface area (Å²) in [7, 11) is 0.